The number of aliphatic hydroxyl groups excluding tert-OH is 1. The lowest BCUT2D eigenvalue weighted by molar-refractivity contribution is -0.176. The summed E-state index contributed by atoms with van der Waals surface area (Å²) in [5.41, 5.74) is -0.807. The van der Waals surface area contributed by atoms with Gasteiger partial charge >= 0.3 is 5.97 Å². The van der Waals surface area contributed by atoms with Gasteiger partial charge in [-0.1, -0.05) is 12.1 Å². The number of aliphatic carboxylic acids is 1. The Bertz CT molecular complexity index is 430. The van der Waals surface area contributed by atoms with Gasteiger partial charge in [-0.25, -0.2) is 9.18 Å². The number of hydrogen-bond acceptors (Lipinski definition) is 3. The molecule has 0 radical (unpaired) electrons. The molecule has 1 aromatic rings. The largest absolute Gasteiger partial charge is 0.479 e. The minimum Gasteiger partial charge on any atom is -0.479 e. The van der Waals surface area contributed by atoms with Gasteiger partial charge in [0, 0.05) is 6.42 Å². The summed E-state index contributed by atoms with van der Waals surface area (Å²) in [4.78, 5) is 11.4. The number of carbonyl (C=O) groups is 1. The summed E-state index contributed by atoms with van der Waals surface area (Å²) in [6, 6.07) is 5.59. The van der Waals surface area contributed by atoms with Crippen molar-refractivity contribution in [2.45, 2.75) is 45.0 Å². The van der Waals surface area contributed by atoms with Crippen LogP contribution >= 0.6 is 0 Å². The summed E-state index contributed by atoms with van der Waals surface area (Å²) in [5.74, 6) is -1.50. The molecule has 0 fully saturated rings. The molecule has 0 heterocycles. The zero-order chi connectivity index (χ0) is 14.6. The van der Waals surface area contributed by atoms with Crippen molar-refractivity contribution in [3.63, 3.8) is 0 Å². The summed E-state index contributed by atoms with van der Waals surface area (Å²) >= 11 is 0. The van der Waals surface area contributed by atoms with Crippen LogP contribution in [-0.2, 0) is 16.0 Å². The van der Waals surface area contributed by atoms with E-state index in [4.69, 9.17) is 4.74 Å². The number of carboxylic acid groups (broad SMARTS) is 1. The van der Waals surface area contributed by atoms with E-state index in [9.17, 15) is 19.4 Å². The van der Waals surface area contributed by atoms with Crippen LogP contribution in [0.1, 0.15) is 26.3 Å². The van der Waals surface area contributed by atoms with Crippen molar-refractivity contribution < 1.29 is 24.1 Å². The molecule has 0 saturated carbocycles. The first-order valence-corrected chi connectivity index (χ1v) is 6.08. The second-order valence-electron chi connectivity index (χ2n) is 4.90. The summed E-state index contributed by atoms with van der Waals surface area (Å²) in [6.07, 6.45) is -1.28. The highest BCUT2D eigenvalue weighted by atomic mass is 19.1. The zero-order valence-corrected chi connectivity index (χ0v) is 11.3. The van der Waals surface area contributed by atoms with E-state index in [2.05, 4.69) is 0 Å². The van der Waals surface area contributed by atoms with Gasteiger partial charge in [0.15, 0.2) is 5.60 Å². The van der Waals surface area contributed by atoms with Gasteiger partial charge < -0.3 is 14.9 Å². The van der Waals surface area contributed by atoms with E-state index in [0.29, 0.717) is 5.56 Å². The van der Waals surface area contributed by atoms with Crippen LogP contribution in [0.2, 0.25) is 0 Å². The maximum Gasteiger partial charge on any atom is 0.336 e. The quantitative estimate of drug-likeness (QED) is 0.829. The number of hydrogen-bond donors (Lipinski definition) is 2. The second kappa shape index (κ2) is 6.12. The van der Waals surface area contributed by atoms with Gasteiger partial charge in [0.25, 0.3) is 0 Å². The predicted octanol–water partition coefficient (Wildman–Crippen LogP) is 2.00. The fourth-order valence-corrected chi connectivity index (χ4v) is 1.67. The molecule has 0 aromatic heterocycles. The summed E-state index contributed by atoms with van der Waals surface area (Å²) in [7, 11) is 0. The highest BCUT2D eigenvalue weighted by Gasteiger charge is 2.37. The SMILES string of the molecule is CC(O)C(C)OC(C)(Cc1ccc(F)cc1)C(=O)O. The Hall–Kier alpha value is -1.46. The molecule has 3 atom stereocenters. The molecule has 4 nitrogen and oxygen atoms in total. The van der Waals surface area contributed by atoms with E-state index in [1.807, 2.05) is 0 Å². The first kappa shape index (κ1) is 15.6. The van der Waals surface area contributed by atoms with E-state index < -0.39 is 23.8 Å². The van der Waals surface area contributed by atoms with Gasteiger partial charge in [0.05, 0.1) is 12.2 Å². The van der Waals surface area contributed by atoms with Crippen LogP contribution in [0.3, 0.4) is 0 Å². The van der Waals surface area contributed by atoms with Gasteiger partial charge in [0.2, 0.25) is 0 Å². The molecule has 0 aliphatic carbocycles. The second-order valence-corrected chi connectivity index (χ2v) is 4.90. The van der Waals surface area contributed by atoms with Crippen LogP contribution < -0.4 is 0 Å². The molecule has 1 aromatic carbocycles. The van der Waals surface area contributed by atoms with Crippen molar-refractivity contribution in [3.8, 4) is 0 Å². The highest BCUT2D eigenvalue weighted by molar-refractivity contribution is 5.77. The molecule has 1 rings (SSSR count). The van der Waals surface area contributed by atoms with Gasteiger partial charge in [-0.15, -0.1) is 0 Å². The van der Waals surface area contributed by atoms with E-state index >= 15 is 0 Å². The standard InChI is InChI=1S/C14H19FO4/c1-9(16)10(2)19-14(3,13(17)18)8-11-4-6-12(15)7-5-11/h4-7,9-10,16H,8H2,1-3H3,(H,17,18). The molecule has 0 spiro atoms. The van der Waals surface area contributed by atoms with E-state index in [1.54, 1.807) is 6.92 Å². The minimum atomic E-state index is -1.46. The maximum absolute atomic E-state index is 12.8. The Labute approximate surface area is 111 Å². The molecule has 3 unspecified atom stereocenters. The van der Waals surface area contributed by atoms with Crippen LogP contribution in [0.15, 0.2) is 24.3 Å². The monoisotopic (exact) mass is 270 g/mol. The lowest BCUT2D eigenvalue weighted by Crippen LogP contribution is -2.45. The summed E-state index contributed by atoms with van der Waals surface area (Å²) < 4.78 is 18.3. The smallest absolute Gasteiger partial charge is 0.336 e. The molecule has 0 aliphatic heterocycles. The van der Waals surface area contributed by atoms with Gasteiger partial charge in [-0.3, -0.25) is 0 Å². The summed E-state index contributed by atoms with van der Waals surface area (Å²) in [6.45, 7) is 4.58. The van der Waals surface area contributed by atoms with Crippen molar-refractivity contribution in [1.82, 2.24) is 0 Å². The number of benzene rings is 1. The molecule has 106 valence electrons. The zero-order valence-electron chi connectivity index (χ0n) is 11.3. The Morgan fingerprint density at radius 2 is 1.89 bits per heavy atom. The van der Waals surface area contributed by atoms with Crippen molar-refractivity contribution in [1.29, 1.82) is 0 Å². The molecule has 0 aliphatic rings. The number of ether oxygens (including phenoxy) is 1. The van der Waals surface area contributed by atoms with Crippen LogP contribution in [-0.4, -0.2) is 34.0 Å². The average molecular weight is 270 g/mol. The first-order valence-electron chi connectivity index (χ1n) is 6.08. The molecule has 0 saturated heterocycles. The fraction of sp³-hybridized carbons (Fsp3) is 0.500. The molecule has 2 N–H and O–H groups in total. The lowest BCUT2D eigenvalue weighted by atomic mass is 9.96. The molecular weight excluding hydrogens is 251 g/mol. The Morgan fingerprint density at radius 1 is 1.37 bits per heavy atom. The van der Waals surface area contributed by atoms with Gasteiger partial charge in [-0.2, -0.15) is 0 Å². The molecule has 19 heavy (non-hydrogen) atoms. The number of carboxylic acids is 1. The number of rotatable bonds is 6. The number of aliphatic hydroxyl groups is 1. The maximum atomic E-state index is 12.8. The lowest BCUT2D eigenvalue weighted by Gasteiger charge is -2.30. The van der Waals surface area contributed by atoms with Gasteiger partial charge in [-0.05, 0) is 38.5 Å². The topological polar surface area (TPSA) is 66.8 Å². The molecule has 0 bridgehead atoms. The third-order valence-electron chi connectivity index (χ3n) is 3.03. The van der Waals surface area contributed by atoms with Crippen LogP contribution in [0, 0.1) is 5.82 Å². The first-order chi connectivity index (χ1) is 8.74. The van der Waals surface area contributed by atoms with Crippen molar-refractivity contribution in [2.24, 2.45) is 0 Å². The van der Waals surface area contributed by atoms with E-state index in [1.165, 1.54) is 38.1 Å². The minimum absolute atomic E-state index is 0.0969. The van der Waals surface area contributed by atoms with E-state index in [-0.39, 0.29) is 12.2 Å². The summed E-state index contributed by atoms with van der Waals surface area (Å²) in [5, 5.41) is 18.7. The van der Waals surface area contributed by atoms with Crippen LogP contribution in [0.25, 0.3) is 0 Å². The van der Waals surface area contributed by atoms with Crippen molar-refractivity contribution in [3.05, 3.63) is 35.6 Å². The fourth-order valence-electron chi connectivity index (χ4n) is 1.67. The molecule has 5 heteroatoms. The predicted molar refractivity (Wildman–Crippen MR) is 68.4 cm³/mol. The Kier molecular flexibility index (Phi) is 5.03. The molecule has 0 amide bonds. The number of halogens is 1. The van der Waals surface area contributed by atoms with E-state index in [0.717, 1.165) is 0 Å². The third-order valence-corrected chi connectivity index (χ3v) is 3.03. The van der Waals surface area contributed by atoms with Crippen molar-refractivity contribution >= 4 is 5.97 Å². The Balaban J connectivity index is 2.87. The Morgan fingerprint density at radius 3 is 2.32 bits per heavy atom. The van der Waals surface area contributed by atoms with Gasteiger partial charge in [0.1, 0.15) is 5.82 Å². The normalized spacial score (nSPS) is 17.5. The van der Waals surface area contributed by atoms with Crippen LogP contribution in [0.4, 0.5) is 4.39 Å². The van der Waals surface area contributed by atoms with Crippen molar-refractivity contribution in [2.75, 3.05) is 0 Å². The van der Waals surface area contributed by atoms with Crippen LogP contribution in [0.5, 0.6) is 0 Å². The highest BCUT2D eigenvalue weighted by Crippen LogP contribution is 2.21. The molecular formula is C14H19FO4. The average Bonchev–Trinajstić information content (AvgIpc) is 2.31. The third kappa shape index (κ3) is 4.29.